The fourth-order valence-electron chi connectivity index (χ4n) is 4.78. The number of guanidine groups is 2. The molecule has 0 spiro atoms. The van der Waals surface area contributed by atoms with Gasteiger partial charge in [-0.25, -0.2) is 9.98 Å². The summed E-state index contributed by atoms with van der Waals surface area (Å²) in [6.07, 6.45) is 4.30. The fraction of sp³-hybridized carbons (Fsp3) is 0.429. The number of hydrogen-bond donors (Lipinski definition) is 0. The lowest BCUT2D eigenvalue weighted by molar-refractivity contribution is 0.255. The van der Waals surface area contributed by atoms with Crippen LogP contribution < -0.4 is 0 Å². The zero-order chi connectivity index (χ0) is 24.7. The Labute approximate surface area is 214 Å². The average molecular weight is 485 g/mol. The van der Waals surface area contributed by atoms with Crippen LogP contribution in [0.25, 0.3) is 0 Å². The second-order valence-electron chi connectivity index (χ2n) is 9.58. The molecule has 8 heteroatoms. The number of piperazine rings is 1. The van der Waals surface area contributed by atoms with E-state index in [4.69, 9.17) is 20.0 Å². The number of hydrogen-bond acceptors (Lipinski definition) is 2. The van der Waals surface area contributed by atoms with Crippen molar-refractivity contribution in [2.75, 3.05) is 53.4 Å². The number of para-hydroxylation sites is 2. The van der Waals surface area contributed by atoms with Crippen LogP contribution in [0.4, 0.5) is 11.4 Å². The summed E-state index contributed by atoms with van der Waals surface area (Å²) < 4.78 is 0. The first-order valence-electron chi connectivity index (χ1n) is 13.0. The van der Waals surface area contributed by atoms with Gasteiger partial charge >= 0.3 is 0 Å². The minimum Gasteiger partial charge on any atom is -0.363 e. The van der Waals surface area contributed by atoms with Gasteiger partial charge in [-0.3, -0.25) is 0 Å². The molecule has 188 valence electrons. The molecular weight excluding hydrogens is 448 g/mol. The zero-order valence-electron chi connectivity index (χ0n) is 21.4. The number of aliphatic imine (C=N–C) groups is 4. The molecule has 0 unspecified atom stereocenters. The molecule has 3 saturated heterocycles. The highest BCUT2D eigenvalue weighted by Crippen LogP contribution is 2.19. The van der Waals surface area contributed by atoms with E-state index in [1.165, 1.54) is 0 Å². The van der Waals surface area contributed by atoms with Gasteiger partial charge in [0.05, 0.1) is 11.4 Å². The van der Waals surface area contributed by atoms with E-state index in [9.17, 15) is 0 Å². The SMILES string of the molecule is CN1CCC/C1=N\C(=Nc1ccccc1)N1CCN(C(=Nc2ccccc2)/N=C2\CCCN2C)CC1. The maximum atomic E-state index is 5.04. The Kier molecular flexibility index (Phi) is 7.59. The topological polar surface area (TPSA) is 62.4 Å². The Balaban J connectivity index is 1.37. The van der Waals surface area contributed by atoms with Gasteiger partial charge in [0.25, 0.3) is 0 Å². The van der Waals surface area contributed by atoms with Crippen molar-refractivity contribution in [3.8, 4) is 0 Å². The number of likely N-dealkylation sites (tertiary alicyclic amines) is 2. The van der Waals surface area contributed by atoms with Crippen LogP contribution in [0.15, 0.2) is 80.6 Å². The Morgan fingerprint density at radius 1 is 0.556 bits per heavy atom. The summed E-state index contributed by atoms with van der Waals surface area (Å²) in [4.78, 5) is 29.1. The Morgan fingerprint density at radius 2 is 0.944 bits per heavy atom. The molecule has 36 heavy (non-hydrogen) atoms. The summed E-state index contributed by atoms with van der Waals surface area (Å²) in [5.41, 5.74) is 1.86. The van der Waals surface area contributed by atoms with Gasteiger partial charge in [-0.05, 0) is 37.1 Å². The van der Waals surface area contributed by atoms with Crippen molar-refractivity contribution >= 4 is 35.0 Å². The van der Waals surface area contributed by atoms with Crippen LogP contribution in [0.3, 0.4) is 0 Å². The molecule has 0 aromatic heterocycles. The lowest BCUT2D eigenvalue weighted by Crippen LogP contribution is -2.50. The lowest BCUT2D eigenvalue weighted by Gasteiger charge is -2.36. The standard InChI is InChI=1S/C28H36N8/c1-33-17-9-15-25(33)31-27(29-23-11-5-3-6-12-23)35-19-21-36(22-20-35)28(30-24-13-7-4-8-14-24)32-26-16-10-18-34(26)2/h3-8,11-14H,9-10,15-22H2,1-2H3/b29-27?,30-28?,31-25+,32-26+. The first-order chi connectivity index (χ1) is 17.7. The maximum Gasteiger partial charge on any atom is 0.227 e. The molecule has 2 aromatic carbocycles. The smallest absolute Gasteiger partial charge is 0.227 e. The fourth-order valence-corrected chi connectivity index (χ4v) is 4.78. The van der Waals surface area contributed by atoms with Crippen LogP contribution >= 0.6 is 0 Å². The average Bonchev–Trinajstić information content (AvgIpc) is 3.51. The van der Waals surface area contributed by atoms with Crippen LogP contribution in [0.5, 0.6) is 0 Å². The molecule has 0 amide bonds. The quantitative estimate of drug-likeness (QED) is 0.473. The highest BCUT2D eigenvalue weighted by Gasteiger charge is 2.25. The molecule has 3 aliphatic heterocycles. The van der Waals surface area contributed by atoms with E-state index < -0.39 is 0 Å². The lowest BCUT2D eigenvalue weighted by atomic mass is 10.3. The van der Waals surface area contributed by atoms with E-state index in [1.54, 1.807) is 0 Å². The molecule has 3 fully saturated rings. The van der Waals surface area contributed by atoms with E-state index >= 15 is 0 Å². The zero-order valence-corrected chi connectivity index (χ0v) is 21.4. The Morgan fingerprint density at radius 3 is 1.28 bits per heavy atom. The molecule has 3 aliphatic rings. The van der Waals surface area contributed by atoms with Crippen molar-refractivity contribution in [2.45, 2.75) is 25.7 Å². The minimum atomic E-state index is 0.799. The van der Waals surface area contributed by atoms with Gasteiger partial charge in [-0.2, -0.15) is 9.98 Å². The van der Waals surface area contributed by atoms with E-state index in [0.717, 1.165) is 99.9 Å². The highest BCUT2D eigenvalue weighted by atomic mass is 15.4. The first-order valence-corrected chi connectivity index (χ1v) is 13.0. The molecule has 0 radical (unpaired) electrons. The second kappa shape index (κ2) is 11.4. The third-order valence-electron chi connectivity index (χ3n) is 6.94. The molecule has 0 aliphatic carbocycles. The largest absolute Gasteiger partial charge is 0.363 e. The number of rotatable bonds is 2. The van der Waals surface area contributed by atoms with Gasteiger partial charge in [0.1, 0.15) is 11.7 Å². The van der Waals surface area contributed by atoms with E-state index in [0.29, 0.717) is 0 Å². The van der Waals surface area contributed by atoms with Crippen LogP contribution in [-0.2, 0) is 0 Å². The maximum absolute atomic E-state index is 5.04. The van der Waals surface area contributed by atoms with E-state index in [1.807, 2.05) is 60.7 Å². The van der Waals surface area contributed by atoms with Crippen molar-refractivity contribution < 1.29 is 0 Å². The van der Waals surface area contributed by atoms with Gasteiger partial charge in [0.15, 0.2) is 0 Å². The van der Waals surface area contributed by atoms with Gasteiger partial charge < -0.3 is 19.6 Å². The molecule has 0 N–H and O–H groups in total. The molecule has 0 atom stereocenters. The predicted octanol–water partition coefficient (Wildman–Crippen LogP) is 4.23. The summed E-state index contributed by atoms with van der Waals surface area (Å²) in [6.45, 7) is 5.39. The van der Waals surface area contributed by atoms with Crippen molar-refractivity contribution in [1.82, 2.24) is 19.6 Å². The Bertz CT molecular complexity index is 1040. The minimum absolute atomic E-state index is 0.799. The normalized spacial score (nSPS) is 21.8. The molecule has 8 nitrogen and oxygen atoms in total. The summed E-state index contributed by atoms with van der Waals surface area (Å²) in [7, 11) is 4.24. The van der Waals surface area contributed by atoms with E-state index in [2.05, 4.69) is 33.7 Å². The summed E-state index contributed by atoms with van der Waals surface area (Å²) >= 11 is 0. The molecule has 0 saturated carbocycles. The van der Waals surface area contributed by atoms with Gasteiger partial charge in [0.2, 0.25) is 11.9 Å². The van der Waals surface area contributed by atoms with Gasteiger partial charge in [0, 0.05) is 66.2 Å². The van der Waals surface area contributed by atoms with Crippen molar-refractivity contribution in [1.29, 1.82) is 0 Å². The van der Waals surface area contributed by atoms with Crippen LogP contribution in [-0.4, -0.2) is 96.6 Å². The molecule has 5 rings (SSSR count). The highest BCUT2D eigenvalue weighted by molar-refractivity contribution is 5.99. The molecular formula is C28H36N8. The first kappa shape index (κ1) is 24.0. The number of nitrogens with zero attached hydrogens (tertiary/aromatic N) is 8. The molecule has 3 heterocycles. The number of benzene rings is 2. The van der Waals surface area contributed by atoms with Gasteiger partial charge in [-0.15, -0.1) is 0 Å². The van der Waals surface area contributed by atoms with Crippen molar-refractivity contribution in [3.63, 3.8) is 0 Å². The van der Waals surface area contributed by atoms with Crippen LogP contribution in [0.1, 0.15) is 25.7 Å². The number of amidine groups is 2. The molecule has 0 bridgehead atoms. The second-order valence-corrected chi connectivity index (χ2v) is 9.58. The van der Waals surface area contributed by atoms with Gasteiger partial charge in [-0.1, -0.05) is 36.4 Å². The summed E-state index contributed by atoms with van der Waals surface area (Å²) in [5.74, 6) is 3.84. The van der Waals surface area contributed by atoms with Crippen LogP contribution in [0, 0.1) is 0 Å². The third-order valence-corrected chi connectivity index (χ3v) is 6.94. The third kappa shape index (κ3) is 5.93. The van der Waals surface area contributed by atoms with E-state index in [-0.39, 0.29) is 0 Å². The summed E-state index contributed by atoms with van der Waals surface area (Å²) in [6, 6.07) is 20.3. The van der Waals surface area contributed by atoms with Crippen LogP contribution in [0.2, 0.25) is 0 Å². The summed E-state index contributed by atoms with van der Waals surface area (Å²) in [5, 5.41) is 0. The molecule has 2 aromatic rings. The monoisotopic (exact) mass is 484 g/mol. The Hall–Kier alpha value is -3.68. The predicted molar refractivity (Wildman–Crippen MR) is 149 cm³/mol. The van der Waals surface area contributed by atoms with Crippen molar-refractivity contribution in [2.24, 2.45) is 20.0 Å². The van der Waals surface area contributed by atoms with Crippen molar-refractivity contribution in [3.05, 3.63) is 60.7 Å².